The Morgan fingerprint density at radius 3 is 2.68 bits per heavy atom. The number of nitrogens with zero attached hydrogens (tertiary/aromatic N) is 1. The van der Waals surface area contributed by atoms with Crippen LogP contribution in [0.1, 0.15) is 56.2 Å². The topological polar surface area (TPSA) is 57.6 Å². The summed E-state index contributed by atoms with van der Waals surface area (Å²) in [6.45, 7) is 0.712. The van der Waals surface area contributed by atoms with Crippen LogP contribution in [0.5, 0.6) is 0 Å². The molecule has 1 aliphatic heterocycles. The van der Waals surface area contributed by atoms with Crippen LogP contribution >= 0.6 is 11.3 Å². The molecular weight excluding hydrogens is 298 g/mol. The molecule has 4 nitrogen and oxygen atoms in total. The van der Waals surface area contributed by atoms with E-state index in [-0.39, 0.29) is 18.4 Å². The summed E-state index contributed by atoms with van der Waals surface area (Å²) in [5.74, 6) is -0.628. The summed E-state index contributed by atoms with van der Waals surface area (Å²) in [6.07, 6.45) is 6.99. The lowest BCUT2D eigenvalue weighted by Gasteiger charge is -2.39. The molecule has 0 bridgehead atoms. The first-order valence-electron chi connectivity index (χ1n) is 8.20. The Hall–Kier alpha value is -1.36. The Morgan fingerprint density at radius 2 is 2.05 bits per heavy atom. The molecule has 22 heavy (non-hydrogen) atoms. The van der Waals surface area contributed by atoms with Gasteiger partial charge in [-0.15, -0.1) is 11.3 Å². The van der Waals surface area contributed by atoms with Gasteiger partial charge in [-0.2, -0.15) is 0 Å². The van der Waals surface area contributed by atoms with Gasteiger partial charge in [-0.3, -0.25) is 9.59 Å². The minimum Gasteiger partial charge on any atom is -0.481 e. The van der Waals surface area contributed by atoms with Gasteiger partial charge in [0, 0.05) is 17.5 Å². The third kappa shape index (κ3) is 2.78. The van der Waals surface area contributed by atoms with Gasteiger partial charge in [-0.25, -0.2) is 0 Å². The molecule has 1 saturated carbocycles. The molecule has 1 amide bonds. The van der Waals surface area contributed by atoms with Crippen molar-refractivity contribution in [3.05, 3.63) is 22.4 Å². The minimum absolute atomic E-state index is 0.0757. The Labute approximate surface area is 135 Å². The SMILES string of the molecule is O=C(O)CC1CCCN1C(=O)C1(c2cccs2)CCCCC1. The average Bonchev–Trinajstić information content (AvgIpc) is 3.18. The lowest BCUT2D eigenvalue weighted by Crippen LogP contribution is -2.49. The van der Waals surface area contributed by atoms with Gasteiger partial charge in [-0.05, 0) is 37.1 Å². The summed E-state index contributed by atoms with van der Waals surface area (Å²) in [4.78, 5) is 27.5. The third-order valence-corrected chi connectivity index (χ3v) is 6.23. The normalized spacial score (nSPS) is 24.4. The van der Waals surface area contributed by atoms with E-state index in [1.165, 1.54) is 6.42 Å². The fourth-order valence-corrected chi connectivity index (χ4v) is 5.04. The molecular formula is C17H23NO3S. The van der Waals surface area contributed by atoms with Crippen molar-refractivity contribution in [1.82, 2.24) is 4.90 Å². The first-order valence-corrected chi connectivity index (χ1v) is 9.08. The monoisotopic (exact) mass is 321 g/mol. The second-order valence-corrected chi connectivity index (χ2v) is 7.46. The lowest BCUT2D eigenvalue weighted by atomic mass is 9.71. The van der Waals surface area contributed by atoms with Gasteiger partial charge in [0.25, 0.3) is 0 Å². The quantitative estimate of drug-likeness (QED) is 0.924. The molecule has 5 heteroatoms. The number of rotatable bonds is 4. The van der Waals surface area contributed by atoms with Crippen LogP contribution in [0.3, 0.4) is 0 Å². The van der Waals surface area contributed by atoms with E-state index < -0.39 is 11.4 Å². The highest BCUT2D eigenvalue weighted by Crippen LogP contribution is 2.44. The lowest BCUT2D eigenvalue weighted by molar-refractivity contribution is -0.143. The molecule has 0 radical (unpaired) electrons. The van der Waals surface area contributed by atoms with Gasteiger partial charge < -0.3 is 10.0 Å². The summed E-state index contributed by atoms with van der Waals surface area (Å²) in [5, 5.41) is 11.1. The van der Waals surface area contributed by atoms with Gasteiger partial charge in [0.1, 0.15) is 0 Å². The predicted molar refractivity (Wildman–Crippen MR) is 86.1 cm³/mol. The Bertz CT molecular complexity index is 534. The number of amides is 1. The number of carbonyl (C=O) groups is 2. The maximum atomic E-state index is 13.4. The zero-order chi connectivity index (χ0) is 15.6. The van der Waals surface area contributed by atoms with Crippen molar-refractivity contribution in [2.75, 3.05) is 6.54 Å². The number of carbonyl (C=O) groups excluding carboxylic acids is 1. The first kappa shape index (κ1) is 15.5. The maximum Gasteiger partial charge on any atom is 0.305 e. The molecule has 1 atom stereocenters. The summed E-state index contributed by atoms with van der Waals surface area (Å²) < 4.78 is 0. The number of thiophene rings is 1. The molecule has 1 aliphatic carbocycles. The van der Waals surface area contributed by atoms with Gasteiger partial charge in [0.2, 0.25) is 5.91 Å². The van der Waals surface area contributed by atoms with Crippen LogP contribution in [0.25, 0.3) is 0 Å². The predicted octanol–water partition coefficient (Wildman–Crippen LogP) is 3.42. The largest absolute Gasteiger partial charge is 0.481 e. The van der Waals surface area contributed by atoms with Crippen LogP contribution in [0.4, 0.5) is 0 Å². The summed E-state index contributed by atoms with van der Waals surface area (Å²) in [7, 11) is 0. The number of aliphatic carboxylic acids is 1. The van der Waals surface area contributed by atoms with Gasteiger partial charge in [0.15, 0.2) is 0 Å². The fourth-order valence-electron chi connectivity index (χ4n) is 4.06. The number of carboxylic acids is 1. The van der Waals surface area contributed by atoms with Crippen LogP contribution < -0.4 is 0 Å². The zero-order valence-electron chi connectivity index (χ0n) is 12.8. The zero-order valence-corrected chi connectivity index (χ0v) is 13.6. The number of hydrogen-bond donors (Lipinski definition) is 1. The number of carboxylic acid groups (broad SMARTS) is 1. The first-order chi connectivity index (χ1) is 10.6. The molecule has 120 valence electrons. The van der Waals surface area contributed by atoms with Crippen LogP contribution in [-0.4, -0.2) is 34.5 Å². The molecule has 2 heterocycles. The standard InChI is InChI=1S/C17H23NO3S/c19-15(20)12-13-6-4-10-18(13)16(21)17(8-2-1-3-9-17)14-7-5-11-22-14/h5,7,11,13H,1-4,6,8-10,12H2,(H,19,20). The molecule has 2 fully saturated rings. The Balaban J connectivity index is 1.88. The van der Waals surface area contributed by atoms with E-state index in [1.807, 2.05) is 16.3 Å². The van der Waals surface area contributed by atoms with E-state index >= 15 is 0 Å². The molecule has 3 rings (SSSR count). The number of hydrogen-bond acceptors (Lipinski definition) is 3. The molecule has 1 aromatic rings. The molecule has 1 aromatic heterocycles. The fraction of sp³-hybridized carbons (Fsp3) is 0.647. The second-order valence-electron chi connectivity index (χ2n) is 6.51. The van der Waals surface area contributed by atoms with Crippen molar-refractivity contribution in [2.24, 2.45) is 0 Å². The van der Waals surface area contributed by atoms with Gasteiger partial charge >= 0.3 is 5.97 Å². The van der Waals surface area contributed by atoms with E-state index in [0.29, 0.717) is 6.54 Å². The van der Waals surface area contributed by atoms with Crippen molar-refractivity contribution in [3.63, 3.8) is 0 Å². The van der Waals surface area contributed by atoms with Crippen molar-refractivity contribution >= 4 is 23.2 Å². The third-order valence-electron chi connectivity index (χ3n) is 5.16. The maximum absolute atomic E-state index is 13.4. The molecule has 1 saturated heterocycles. The molecule has 0 aromatic carbocycles. The Morgan fingerprint density at radius 1 is 1.27 bits per heavy atom. The highest BCUT2D eigenvalue weighted by Gasteiger charge is 2.46. The van der Waals surface area contributed by atoms with Gasteiger partial charge in [-0.1, -0.05) is 25.3 Å². The molecule has 1 N–H and O–H groups in total. The Kier molecular flexibility index (Phi) is 4.52. The minimum atomic E-state index is -0.807. The molecule has 0 spiro atoms. The van der Waals surface area contributed by atoms with Crippen molar-refractivity contribution in [1.29, 1.82) is 0 Å². The van der Waals surface area contributed by atoms with Gasteiger partial charge in [0.05, 0.1) is 11.8 Å². The van der Waals surface area contributed by atoms with Crippen LogP contribution in [0.2, 0.25) is 0 Å². The van der Waals surface area contributed by atoms with E-state index in [2.05, 4.69) is 6.07 Å². The van der Waals surface area contributed by atoms with E-state index in [9.17, 15) is 9.59 Å². The summed E-state index contributed by atoms with van der Waals surface area (Å²) in [5.41, 5.74) is -0.395. The van der Waals surface area contributed by atoms with Crippen molar-refractivity contribution in [3.8, 4) is 0 Å². The molecule has 2 aliphatic rings. The van der Waals surface area contributed by atoms with Crippen molar-refractivity contribution < 1.29 is 14.7 Å². The van der Waals surface area contributed by atoms with Crippen molar-refractivity contribution in [2.45, 2.75) is 62.8 Å². The highest BCUT2D eigenvalue weighted by atomic mass is 32.1. The summed E-state index contributed by atoms with van der Waals surface area (Å²) >= 11 is 1.67. The molecule has 1 unspecified atom stereocenters. The van der Waals surface area contributed by atoms with E-state index in [1.54, 1.807) is 11.3 Å². The summed E-state index contributed by atoms with van der Waals surface area (Å²) in [6, 6.07) is 3.97. The van der Waals surface area contributed by atoms with Crippen LogP contribution in [-0.2, 0) is 15.0 Å². The second kappa shape index (κ2) is 6.41. The number of likely N-dealkylation sites (tertiary alicyclic amines) is 1. The highest BCUT2D eigenvalue weighted by molar-refractivity contribution is 7.10. The van der Waals surface area contributed by atoms with Crippen LogP contribution in [0, 0.1) is 0 Å². The average molecular weight is 321 g/mol. The van der Waals surface area contributed by atoms with E-state index in [4.69, 9.17) is 5.11 Å². The van der Waals surface area contributed by atoms with Crippen LogP contribution in [0.15, 0.2) is 17.5 Å². The smallest absolute Gasteiger partial charge is 0.305 e. The van der Waals surface area contributed by atoms with E-state index in [0.717, 1.165) is 43.4 Å².